The van der Waals surface area contributed by atoms with E-state index in [4.69, 9.17) is 18.9 Å². The van der Waals surface area contributed by atoms with Gasteiger partial charge in [-0.3, -0.25) is 4.79 Å². The molecule has 43 heavy (non-hydrogen) atoms. The van der Waals surface area contributed by atoms with Crippen LogP contribution in [0.15, 0.2) is 66.7 Å². The van der Waals surface area contributed by atoms with Crippen molar-refractivity contribution < 1.29 is 48.7 Å². The van der Waals surface area contributed by atoms with Crippen LogP contribution in [0.1, 0.15) is 57.0 Å². The van der Waals surface area contributed by atoms with Gasteiger partial charge in [0.25, 0.3) is 0 Å². The van der Waals surface area contributed by atoms with Crippen LogP contribution in [0.5, 0.6) is 0 Å². The lowest BCUT2D eigenvalue weighted by Gasteiger charge is -2.66. The van der Waals surface area contributed by atoms with Crippen LogP contribution >= 0.6 is 0 Å². The molecule has 2 aliphatic carbocycles. The molecule has 1 spiro atoms. The van der Waals surface area contributed by atoms with Gasteiger partial charge in [-0.05, 0) is 57.9 Å². The lowest BCUT2D eigenvalue weighted by Crippen LogP contribution is -2.85. The van der Waals surface area contributed by atoms with E-state index in [1.807, 2.05) is 30.3 Å². The van der Waals surface area contributed by atoms with Gasteiger partial charge >= 0.3 is 17.9 Å². The largest absolute Gasteiger partial charge is 0.458 e. The third-order valence-electron chi connectivity index (χ3n) is 9.60. The molecule has 2 bridgehead atoms. The average molecular weight is 595 g/mol. The van der Waals surface area contributed by atoms with Gasteiger partial charge in [0, 0.05) is 18.9 Å². The van der Waals surface area contributed by atoms with E-state index in [2.05, 4.69) is 0 Å². The molecule has 2 aromatic rings. The minimum absolute atomic E-state index is 0.0652. The zero-order chi connectivity index (χ0) is 31.4. The molecule has 3 aliphatic rings. The summed E-state index contributed by atoms with van der Waals surface area (Å²) in [5, 5.41) is 35.6. The number of esters is 3. The molecule has 2 saturated carbocycles. The van der Waals surface area contributed by atoms with Crippen molar-refractivity contribution in [3.63, 3.8) is 0 Å². The van der Waals surface area contributed by atoms with Crippen molar-refractivity contribution in [3.8, 4) is 0 Å². The van der Waals surface area contributed by atoms with Crippen LogP contribution in [-0.2, 0) is 28.5 Å². The van der Waals surface area contributed by atoms with Gasteiger partial charge in [0.1, 0.15) is 23.4 Å². The molecule has 1 heterocycles. The second kappa shape index (κ2) is 10.9. The number of carbonyl (C=O) groups excluding carboxylic acids is 3. The maximum absolute atomic E-state index is 13.5. The third-order valence-corrected chi connectivity index (χ3v) is 9.60. The molecule has 0 radical (unpaired) electrons. The second-order valence-corrected chi connectivity index (χ2v) is 12.5. The molecular formula is C33H38O10. The van der Waals surface area contributed by atoms with Gasteiger partial charge < -0.3 is 34.3 Å². The number of ether oxygens (including phenoxy) is 4. The molecule has 0 amide bonds. The Balaban J connectivity index is 1.65. The Kier molecular flexibility index (Phi) is 7.79. The van der Waals surface area contributed by atoms with E-state index in [9.17, 15) is 29.7 Å². The molecule has 9 atom stereocenters. The SMILES string of the molecule is CC(=O)O[C@H]1[C@H](OC(=O)c2ccccc2)[C@@]2(C)[C@@H](OC(=O)/C=C/c3ccccc3)C[C@@H]3[C@H](O)[C@]2(OC3(C)C)[C@@](C)(O)[C@H]1O. The molecule has 0 unspecified atom stereocenters. The van der Waals surface area contributed by atoms with E-state index >= 15 is 0 Å². The second-order valence-electron chi connectivity index (χ2n) is 12.5. The summed E-state index contributed by atoms with van der Waals surface area (Å²) in [6.07, 6.45) is -4.60. The number of hydrogen-bond acceptors (Lipinski definition) is 10. The predicted molar refractivity (Wildman–Crippen MR) is 153 cm³/mol. The van der Waals surface area contributed by atoms with Crippen LogP contribution in [0.2, 0.25) is 0 Å². The summed E-state index contributed by atoms with van der Waals surface area (Å²) in [6.45, 7) is 7.44. The van der Waals surface area contributed by atoms with E-state index < -0.39 is 76.6 Å². The lowest BCUT2D eigenvalue weighted by atomic mass is 9.46. The quantitative estimate of drug-likeness (QED) is 0.259. The molecule has 5 rings (SSSR count). The first-order valence-corrected chi connectivity index (χ1v) is 14.3. The Morgan fingerprint density at radius 3 is 2.09 bits per heavy atom. The molecule has 1 aliphatic heterocycles. The fraction of sp³-hybridized carbons (Fsp3) is 0.485. The fourth-order valence-corrected chi connectivity index (χ4v) is 7.50. The van der Waals surface area contributed by atoms with Crippen molar-refractivity contribution in [2.24, 2.45) is 11.3 Å². The van der Waals surface area contributed by atoms with E-state index in [1.54, 1.807) is 45.0 Å². The van der Waals surface area contributed by atoms with Crippen LogP contribution in [-0.4, -0.2) is 80.6 Å². The normalized spacial score (nSPS) is 37.8. The molecule has 3 N–H and O–H groups in total. The van der Waals surface area contributed by atoms with Gasteiger partial charge in [-0.15, -0.1) is 0 Å². The summed E-state index contributed by atoms with van der Waals surface area (Å²) in [7, 11) is 0. The van der Waals surface area contributed by atoms with Crippen LogP contribution in [0.4, 0.5) is 0 Å². The molecule has 3 fully saturated rings. The van der Waals surface area contributed by atoms with Gasteiger partial charge in [-0.25, -0.2) is 9.59 Å². The van der Waals surface area contributed by atoms with Crippen LogP contribution in [0.25, 0.3) is 6.08 Å². The summed E-state index contributed by atoms with van der Waals surface area (Å²) >= 11 is 0. The molecule has 2 aromatic carbocycles. The number of aliphatic hydroxyl groups excluding tert-OH is 2. The van der Waals surface area contributed by atoms with Crippen LogP contribution in [0, 0.1) is 11.3 Å². The minimum atomic E-state index is -2.27. The van der Waals surface area contributed by atoms with Crippen molar-refractivity contribution in [2.45, 2.75) is 88.4 Å². The highest BCUT2D eigenvalue weighted by atomic mass is 16.6. The summed E-state index contributed by atoms with van der Waals surface area (Å²) in [4.78, 5) is 39.1. The molecule has 1 saturated heterocycles. The smallest absolute Gasteiger partial charge is 0.338 e. The first kappa shape index (κ1) is 30.9. The van der Waals surface area contributed by atoms with Gasteiger partial charge in [-0.1, -0.05) is 48.5 Å². The first-order chi connectivity index (χ1) is 20.2. The van der Waals surface area contributed by atoms with E-state index in [0.717, 1.165) is 12.5 Å². The third kappa shape index (κ3) is 4.77. The standard InChI is InChI=1S/C33H38O10/c1-19(34)40-25-27(37)32(5,39)33-26(36)22(30(2,3)43-33)18-23(41-24(35)17-16-20-12-8-6-9-13-20)31(33,4)28(25)42-29(38)21-14-10-7-11-15-21/h6-17,22-23,25-28,36-37,39H,18H2,1-5H3/b17-16+/t22-,23+,25-,26+,27+,28+,31-,32+,33-/m1/s1. The Morgan fingerprint density at radius 2 is 1.49 bits per heavy atom. The van der Waals surface area contributed by atoms with Crippen molar-refractivity contribution in [2.75, 3.05) is 0 Å². The molecule has 10 heteroatoms. The van der Waals surface area contributed by atoms with E-state index in [1.165, 1.54) is 25.1 Å². The minimum Gasteiger partial charge on any atom is -0.458 e. The molecule has 230 valence electrons. The number of carbonyl (C=O) groups is 3. The zero-order valence-electron chi connectivity index (χ0n) is 24.8. The summed E-state index contributed by atoms with van der Waals surface area (Å²) in [5.74, 6) is -2.98. The van der Waals surface area contributed by atoms with Gasteiger partial charge in [0.2, 0.25) is 0 Å². The van der Waals surface area contributed by atoms with Crippen LogP contribution < -0.4 is 0 Å². The van der Waals surface area contributed by atoms with Crippen molar-refractivity contribution in [1.29, 1.82) is 0 Å². The van der Waals surface area contributed by atoms with Crippen molar-refractivity contribution in [3.05, 3.63) is 77.9 Å². The highest BCUT2D eigenvalue weighted by Gasteiger charge is 2.85. The topological polar surface area (TPSA) is 149 Å². The maximum Gasteiger partial charge on any atom is 0.338 e. The number of hydrogen-bond donors (Lipinski definition) is 3. The summed E-state index contributed by atoms with van der Waals surface area (Å²) in [5.41, 5.74) is -6.16. The van der Waals surface area contributed by atoms with Gasteiger partial charge in [-0.2, -0.15) is 0 Å². The van der Waals surface area contributed by atoms with E-state index in [-0.39, 0.29) is 12.0 Å². The Morgan fingerprint density at radius 1 is 0.884 bits per heavy atom. The highest BCUT2D eigenvalue weighted by Crippen LogP contribution is 2.68. The zero-order valence-corrected chi connectivity index (χ0v) is 24.8. The van der Waals surface area contributed by atoms with Gasteiger partial charge in [0.05, 0.1) is 22.7 Å². The molecule has 10 nitrogen and oxygen atoms in total. The van der Waals surface area contributed by atoms with Crippen molar-refractivity contribution in [1.82, 2.24) is 0 Å². The number of fused-ring (bicyclic) bond motifs is 1. The molecule has 0 aromatic heterocycles. The van der Waals surface area contributed by atoms with Crippen LogP contribution in [0.3, 0.4) is 0 Å². The monoisotopic (exact) mass is 594 g/mol. The van der Waals surface area contributed by atoms with Gasteiger partial charge in [0.15, 0.2) is 12.2 Å². The highest BCUT2D eigenvalue weighted by molar-refractivity contribution is 5.89. The van der Waals surface area contributed by atoms with E-state index in [0.29, 0.717) is 0 Å². The Hall–Kier alpha value is -3.57. The fourth-order valence-electron chi connectivity index (χ4n) is 7.50. The first-order valence-electron chi connectivity index (χ1n) is 14.3. The maximum atomic E-state index is 13.5. The number of aliphatic hydroxyl groups is 3. The predicted octanol–water partition coefficient (Wildman–Crippen LogP) is 2.83. The number of rotatable bonds is 6. The lowest BCUT2D eigenvalue weighted by molar-refractivity contribution is -0.368. The average Bonchev–Trinajstić information content (AvgIpc) is 3.13. The molecular weight excluding hydrogens is 556 g/mol. The summed E-state index contributed by atoms with van der Waals surface area (Å²) in [6, 6.07) is 17.2. The van der Waals surface area contributed by atoms with Crippen molar-refractivity contribution >= 4 is 24.0 Å². The number of benzene rings is 2. The summed E-state index contributed by atoms with van der Waals surface area (Å²) < 4.78 is 24.2. The Labute approximate surface area is 250 Å². The Bertz CT molecular complexity index is 1400.